The van der Waals surface area contributed by atoms with Gasteiger partial charge >= 0.3 is 5.97 Å². The first-order chi connectivity index (χ1) is 13.9. The summed E-state index contributed by atoms with van der Waals surface area (Å²) in [4.78, 5) is 27.3. The molecule has 0 radical (unpaired) electrons. The Balaban J connectivity index is 1.24. The van der Waals surface area contributed by atoms with Crippen LogP contribution in [0.4, 0.5) is 4.39 Å². The fourth-order valence-corrected chi connectivity index (χ4v) is 7.06. The third-order valence-corrected chi connectivity index (χ3v) is 7.80. The SMILES string of the molecule is O=C(COC(=O)C12C[C@@H]3C[C@@H](CC(Cl)(C3)C1)C2)N(Cc1ccccc1F)C1CC1. The molecule has 0 N–H and O–H groups in total. The van der Waals surface area contributed by atoms with Gasteiger partial charge in [0.25, 0.3) is 5.91 Å². The van der Waals surface area contributed by atoms with E-state index in [9.17, 15) is 14.0 Å². The summed E-state index contributed by atoms with van der Waals surface area (Å²) in [5.41, 5.74) is -0.0218. The van der Waals surface area contributed by atoms with Crippen LogP contribution in [0.15, 0.2) is 24.3 Å². The molecule has 1 aromatic rings. The fourth-order valence-electron chi connectivity index (χ4n) is 6.37. The first-order valence-electron chi connectivity index (χ1n) is 10.7. The van der Waals surface area contributed by atoms with Gasteiger partial charge in [0.1, 0.15) is 5.82 Å². The minimum atomic E-state index is -0.512. The second-order valence-electron chi connectivity index (χ2n) is 9.81. The highest BCUT2D eigenvalue weighted by Gasteiger charge is 2.60. The van der Waals surface area contributed by atoms with Crippen LogP contribution < -0.4 is 0 Å². The second-order valence-corrected chi connectivity index (χ2v) is 10.6. The number of nitrogens with zero attached hydrogens (tertiary/aromatic N) is 1. The lowest BCUT2D eigenvalue weighted by Gasteiger charge is -2.58. The molecule has 29 heavy (non-hydrogen) atoms. The molecule has 4 atom stereocenters. The predicted molar refractivity (Wildman–Crippen MR) is 107 cm³/mol. The Morgan fingerprint density at radius 2 is 1.83 bits per heavy atom. The monoisotopic (exact) mass is 419 g/mol. The maximum atomic E-state index is 14.0. The van der Waals surface area contributed by atoms with E-state index in [0.29, 0.717) is 23.8 Å². The number of esters is 1. The normalized spacial score (nSPS) is 34.8. The van der Waals surface area contributed by atoms with Gasteiger partial charge in [-0.1, -0.05) is 18.2 Å². The highest BCUT2D eigenvalue weighted by atomic mass is 35.5. The van der Waals surface area contributed by atoms with Crippen LogP contribution in [0.25, 0.3) is 0 Å². The summed E-state index contributed by atoms with van der Waals surface area (Å²) in [6.45, 7) is -0.0516. The van der Waals surface area contributed by atoms with Gasteiger partial charge in [0.15, 0.2) is 6.61 Å². The van der Waals surface area contributed by atoms with Crippen LogP contribution in [0.1, 0.15) is 56.9 Å². The highest BCUT2D eigenvalue weighted by Crippen LogP contribution is 2.64. The molecule has 0 aromatic heterocycles. The number of ether oxygens (including phenoxy) is 1. The van der Waals surface area contributed by atoms with E-state index in [1.165, 1.54) is 12.5 Å². The smallest absolute Gasteiger partial charge is 0.312 e. The Morgan fingerprint density at radius 3 is 2.45 bits per heavy atom. The lowest BCUT2D eigenvalue weighted by Crippen LogP contribution is -2.56. The maximum Gasteiger partial charge on any atom is 0.312 e. The van der Waals surface area contributed by atoms with Crippen LogP contribution in [0.3, 0.4) is 0 Å². The summed E-state index contributed by atoms with van der Waals surface area (Å²) in [6, 6.07) is 6.62. The van der Waals surface area contributed by atoms with E-state index in [1.54, 1.807) is 23.1 Å². The molecule has 6 heteroatoms. The predicted octanol–water partition coefficient (Wildman–Crippen LogP) is 4.44. The zero-order chi connectivity index (χ0) is 20.2. The molecule has 1 aromatic carbocycles. The van der Waals surface area contributed by atoms with Gasteiger partial charge < -0.3 is 9.64 Å². The van der Waals surface area contributed by atoms with Gasteiger partial charge in [-0.25, -0.2) is 4.39 Å². The molecule has 5 fully saturated rings. The lowest BCUT2D eigenvalue weighted by atomic mass is 9.49. The third kappa shape index (κ3) is 3.67. The Morgan fingerprint density at radius 1 is 1.14 bits per heavy atom. The molecule has 5 aliphatic rings. The zero-order valence-electron chi connectivity index (χ0n) is 16.5. The van der Waals surface area contributed by atoms with E-state index in [0.717, 1.165) is 38.5 Å². The van der Waals surface area contributed by atoms with E-state index in [2.05, 4.69) is 0 Å². The van der Waals surface area contributed by atoms with Gasteiger partial charge in [0.2, 0.25) is 0 Å². The standard InChI is InChI=1S/C23H27ClFNO3/c24-23-10-15-7-16(11-23)9-22(8-15,14-23)21(28)29-13-20(27)26(18-5-6-18)12-17-3-1-2-4-19(17)25/h1-4,15-16,18H,5-14H2/t15-,16+,22?,23?. The summed E-state index contributed by atoms with van der Waals surface area (Å²) in [5.74, 6) is 0.187. The van der Waals surface area contributed by atoms with Gasteiger partial charge in [0, 0.05) is 23.0 Å². The molecule has 6 rings (SSSR count). The van der Waals surface area contributed by atoms with Crippen molar-refractivity contribution in [3.8, 4) is 0 Å². The van der Waals surface area contributed by atoms with Crippen LogP contribution in [0.2, 0.25) is 0 Å². The highest BCUT2D eigenvalue weighted by molar-refractivity contribution is 6.24. The Labute approximate surface area is 175 Å². The molecule has 5 saturated carbocycles. The van der Waals surface area contributed by atoms with Gasteiger partial charge in [0.05, 0.1) is 5.41 Å². The number of hydrogen-bond donors (Lipinski definition) is 0. The average molecular weight is 420 g/mol. The minimum Gasteiger partial charge on any atom is -0.455 e. The number of carbonyl (C=O) groups is 2. The summed E-state index contributed by atoms with van der Waals surface area (Å²) >= 11 is 6.81. The average Bonchev–Trinajstić information content (AvgIpc) is 3.48. The Bertz CT molecular complexity index is 825. The van der Waals surface area contributed by atoms with Crippen molar-refractivity contribution in [2.24, 2.45) is 17.3 Å². The molecule has 4 nitrogen and oxygen atoms in total. The number of hydrogen-bond acceptors (Lipinski definition) is 3. The molecule has 0 saturated heterocycles. The lowest BCUT2D eigenvalue weighted by molar-refractivity contribution is -0.173. The van der Waals surface area contributed by atoms with Crippen molar-refractivity contribution in [2.45, 2.75) is 68.8 Å². The van der Waals surface area contributed by atoms with Crippen LogP contribution >= 0.6 is 11.6 Å². The van der Waals surface area contributed by atoms with Gasteiger partial charge in [-0.05, 0) is 69.3 Å². The number of benzene rings is 1. The second kappa shape index (κ2) is 6.97. The third-order valence-electron chi connectivity index (χ3n) is 7.36. The number of amides is 1. The summed E-state index contributed by atoms with van der Waals surface area (Å²) in [5, 5.41) is 0. The Kier molecular flexibility index (Phi) is 4.65. The van der Waals surface area contributed by atoms with Crippen LogP contribution in [-0.2, 0) is 20.9 Å². The molecule has 5 aliphatic carbocycles. The number of alkyl halides is 1. The van der Waals surface area contributed by atoms with Crippen molar-refractivity contribution < 1.29 is 18.7 Å². The molecule has 0 spiro atoms. The number of rotatable bonds is 6. The van der Waals surface area contributed by atoms with Crippen molar-refractivity contribution in [1.82, 2.24) is 4.90 Å². The van der Waals surface area contributed by atoms with E-state index < -0.39 is 5.41 Å². The zero-order valence-corrected chi connectivity index (χ0v) is 17.3. The molecule has 156 valence electrons. The van der Waals surface area contributed by atoms with Crippen molar-refractivity contribution in [3.05, 3.63) is 35.6 Å². The van der Waals surface area contributed by atoms with Gasteiger partial charge in [-0.15, -0.1) is 11.6 Å². The molecule has 1 amide bonds. The number of carbonyl (C=O) groups excluding carboxylic acids is 2. The number of halogens is 2. The van der Waals surface area contributed by atoms with Crippen molar-refractivity contribution in [2.75, 3.05) is 6.61 Å². The summed E-state index contributed by atoms with van der Waals surface area (Å²) in [7, 11) is 0. The van der Waals surface area contributed by atoms with Crippen LogP contribution in [0, 0.1) is 23.1 Å². The van der Waals surface area contributed by atoms with E-state index in [-0.39, 0.29) is 41.8 Å². The summed E-state index contributed by atoms with van der Waals surface area (Å²) < 4.78 is 19.6. The molecule has 0 aliphatic heterocycles. The van der Waals surface area contributed by atoms with Crippen LogP contribution in [-0.4, -0.2) is 34.3 Å². The fraction of sp³-hybridized carbons (Fsp3) is 0.652. The first-order valence-corrected chi connectivity index (χ1v) is 11.1. The van der Waals surface area contributed by atoms with Crippen molar-refractivity contribution in [3.63, 3.8) is 0 Å². The summed E-state index contributed by atoms with van der Waals surface area (Å²) in [6.07, 6.45) is 7.34. The topological polar surface area (TPSA) is 46.6 Å². The first kappa shape index (κ1) is 19.3. The van der Waals surface area contributed by atoms with Gasteiger partial charge in [-0.2, -0.15) is 0 Å². The van der Waals surface area contributed by atoms with E-state index in [4.69, 9.17) is 16.3 Å². The molecular formula is C23H27ClFNO3. The molecular weight excluding hydrogens is 393 g/mol. The van der Waals surface area contributed by atoms with E-state index >= 15 is 0 Å². The van der Waals surface area contributed by atoms with E-state index in [1.807, 2.05) is 0 Å². The quantitative estimate of drug-likeness (QED) is 0.506. The maximum absolute atomic E-state index is 14.0. The van der Waals surface area contributed by atoms with Crippen molar-refractivity contribution >= 4 is 23.5 Å². The largest absolute Gasteiger partial charge is 0.455 e. The molecule has 2 unspecified atom stereocenters. The molecule has 4 bridgehead atoms. The van der Waals surface area contributed by atoms with Gasteiger partial charge in [-0.3, -0.25) is 9.59 Å². The minimum absolute atomic E-state index is 0.117. The van der Waals surface area contributed by atoms with Crippen molar-refractivity contribution in [1.29, 1.82) is 0 Å². The van der Waals surface area contributed by atoms with Crippen LogP contribution in [0.5, 0.6) is 0 Å². The Hall–Kier alpha value is -1.62. The molecule has 0 heterocycles.